The first-order valence-electron chi connectivity index (χ1n) is 8.96. The molecule has 6 nitrogen and oxygen atoms in total. The fraction of sp³-hybridized carbons (Fsp3) is 0.263. The quantitative estimate of drug-likeness (QED) is 0.492. The summed E-state index contributed by atoms with van der Waals surface area (Å²) in [5.74, 6) is 0.0865. The summed E-state index contributed by atoms with van der Waals surface area (Å²) >= 11 is 4.75. The van der Waals surface area contributed by atoms with Gasteiger partial charge in [0.15, 0.2) is 5.13 Å². The number of aromatic nitrogens is 3. The van der Waals surface area contributed by atoms with E-state index in [0.29, 0.717) is 13.1 Å². The topological polar surface area (TPSA) is 62.2 Å². The molecule has 1 fully saturated rings. The minimum atomic E-state index is 0.0865. The Morgan fingerprint density at radius 1 is 1.07 bits per heavy atom. The lowest BCUT2D eigenvalue weighted by Gasteiger charge is -2.34. The van der Waals surface area contributed by atoms with Crippen LogP contribution < -0.4 is 4.90 Å². The van der Waals surface area contributed by atoms with Gasteiger partial charge in [-0.15, -0.1) is 22.7 Å². The average molecular weight is 428 g/mol. The summed E-state index contributed by atoms with van der Waals surface area (Å²) in [5.41, 5.74) is 1.75. The highest BCUT2D eigenvalue weighted by atomic mass is 32.1. The number of nitrogens with zero attached hydrogens (tertiary/aromatic N) is 5. The minimum absolute atomic E-state index is 0.0865. The molecule has 0 atom stereocenters. The SMILES string of the molecule is Cc1nc(-c2cccs2)sc1C(=O)N1CCN(c2nc3cccnc3s2)CC1. The molecule has 1 aliphatic rings. The number of aryl methyl sites for hydroxylation is 1. The van der Waals surface area contributed by atoms with Gasteiger partial charge < -0.3 is 9.80 Å². The van der Waals surface area contributed by atoms with Crippen LogP contribution in [0.1, 0.15) is 15.4 Å². The maximum Gasteiger partial charge on any atom is 0.265 e. The molecule has 0 N–H and O–H groups in total. The van der Waals surface area contributed by atoms with E-state index in [2.05, 4.69) is 19.9 Å². The molecule has 0 unspecified atom stereocenters. The van der Waals surface area contributed by atoms with Crippen LogP contribution in [0.5, 0.6) is 0 Å². The first kappa shape index (κ1) is 17.7. The summed E-state index contributed by atoms with van der Waals surface area (Å²) in [6, 6.07) is 7.95. The molecule has 0 spiro atoms. The van der Waals surface area contributed by atoms with E-state index in [-0.39, 0.29) is 5.91 Å². The van der Waals surface area contributed by atoms with Crippen LogP contribution in [-0.2, 0) is 0 Å². The van der Waals surface area contributed by atoms with Crippen molar-refractivity contribution >= 4 is 55.4 Å². The molecule has 0 saturated carbocycles. The van der Waals surface area contributed by atoms with E-state index in [1.54, 1.807) is 28.9 Å². The van der Waals surface area contributed by atoms with Crippen LogP contribution >= 0.6 is 34.0 Å². The summed E-state index contributed by atoms with van der Waals surface area (Å²) in [6.07, 6.45) is 1.79. The van der Waals surface area contributed by atoms with E-state index >= 15 is 0 Å². The zero-order valence-electron chi connectivity index (χ0n) is 15.2. The number of hydrogen-bond acceptors (Lipinski definition) is 8. The molecule has 0 aromatic carbocycles. The molecule has 1 saturated heterocycles. The molecular formula is C19H17N5OS3. The van der Waals surface area contributed by atoms with Gasteiger partial charge in [0.2, 0.25) is 0 Å². The Bertz CT molecular complexity index is 1090. The van der Waals surface area contributed by atoms with E-state index in [1.165, 1.54) is 11.3 Å². The number of fused-ring (bicyclic) bond motifs is 1. The van der Waals surface area contributed by atoms with Crippen molar-refractivity contribution in [2.45, 2.75) is 6.92 Å². The Kier molecular flexibility index (Phi) is 4.58. The summed E-state index contributed by atoms with van der Waals surface area (Å²) in [4.78, 5) is 33.7. The molecule has 1 amide bonds. The number of piperazine rings is 1. The summed E-state index contributed by atoms with van der Waals surface area (Å²) in [6.45, 7) is 4.86. The molecular weight excluding hydrogens is 410 g/mol. The lowest BCUT2D eigenvalue weighted by atomic mass is 10.3. The standard InChI is InChI=1S/C19H17N5OS3/c1-12-15(27-17(21-12)14-5-3-11-26-14)18(25)23-7-9-24(10-8-23)19-22-13-4-2-6-20-16(13)28-19/h2-6,11H,7-10H2,1H3. The van der Waals surface area contributed by atoms with Crippen molar-refractivity contribution in [3.63, 3.8) is 0 Å². The van der Waals surface area contributed by atoms with Crippen LogP contribution in [0, 0.1) is 6.92 Å². The monoisotopic (exact) mass is 427 g/mol. The molecule has 4 aromatic rings. The lowest BCUT2D eigenvalue weighted by Crippen LogP contribution is -2.48. The van der Waals surface area contributed by atoms with Crippen LogP contribution in [0.2, 0.25) is 0 Å². The van der Waals surface area contributed by atoms with E-state index in [9.17, 15) is 4.79 Å². The van der Waals surface area contributed by atoms with Gasteiger partial charge in [-0.05, 0) is 30.5 Å². The molecule has 5 rings (SSSR count). The number of thiazole rings is 2. The van der Waals surface area contributed by atoms with Gasteiger partial charge in [-0.3, -0.25) is 4.79 Å². The number of thiophene rings is 1. The van der Waals surface area contributed by atoms with Crippen molar-refractivity contribution in [2.24, 2.45) is 0 Å². The first-order valence-corrected chi connectivity index (χ1v) is 11.5. The van der Waals surface area contributed by atoms with Gasteiger partial charge >= 0.3 is 0 Å². The van der Waals surface area contributed by atoms with Gasteiger partial charge in [-0.25, -0.2) is 15.0 Å². The third-order valence-electron chi connectivity index (χ3n) is 4.72. The van der Waals surface area contributed by atoms with Crippen molar-refractivity contribution in [3.05, 3.63) is 46.4 Å². The zero-order chi connectivity index (χ0) is 19.1. The Labute approximate surface area is 174 Å². The fourth-order valence-electron chi connectivity index (χ4n) is 3.24. The van der Waals surface area contributed by atoms with Gasteiger partial charge in [0.1, 0.15) is 20.2 Å². The maximum atomic E-state index is 13.0. The molecule has 1 aliphatic heterocycles. The normalized spacial score (nSPS) is 14.8. The van der Waals surface area contributed by atoms with Crippen LogP contribution in [0.25, 0.3) is 20.2 Å². The van der Waals surface area contributed by atoms with Crippen LogP contribution in [-0.4, -0.2) is 51.9 Å². The second-order valence-electron chi connectivity index (χ2n) is 6.51. The highest BCUT2D eigenvalue weighted by molar-refractivity contribution is 7.22. The Hall–Kier alpha value is -2.36. The number of carbonyl (C=O) groups is 1. The second kappa shape index (κ2) is 7.23. The third kappa shape index (κ3) is 3.19. The van der Waals surface area contributed by atoms with E-state index in [0.717, 1.165) is 49.0 Å². The highest BCUT2D eigenvalue weighted by Crippen LogP contribution is 2.32. The number of carbonyl (C=O) groups excluding carboxylic acids is 1. The summed E-state index contributed by atoms with van der Waals surface area (Å²) < 4.78 is 0. The van der Waals surface area contributed by atoms with E-state index < -0.39 is 0 Å². The zero-order valence-corrected chi connectivity index (χ0v) is 17.6. The highest BCUT2D eigenvalue weighted by Gasteiger charge is 2.27. The molecule has 0 bridgehead atoms. The summed E-state index contributed by atoms with van der Waals surface area (Å²) in [5, 5.41) is 3.94. The maximum absolute atomic E-state index is 13.0. The van der Waals surface area contributed by atoms with Crippen molar-refractivity contribution in [3.8, 4) is 9.88 Å². The van der Waals surface area contributed by atoms with Gasteiger partial charge in [0.05, 0.1) is 10.6 Å². The number of pyridine rings is 1. The van der Waals surface area contributed by atoms with Gasteiger partial charge in [0, 0.05) is 32.4 Å². The molecule has 0 radical (unpaired) electrons. The molecule has 0 aliphatic carbocycles. The number of hydrogen-bond donors (Lipinski definition) is 0. The third-order valence-corrected chi connectivity index (χ3v) is 7.94. The van der Waals surface area contributed by atoms with Crippen LogP contribution in [0.4, 0.5) is 5.13 Å². The predicted molar refractivity (Wildman–Crippen MR) is 116 cm³/mol. The van der Waals surface area contributed by atoms with Crippen molar-refractivity contribution in [1.82, 2.24) is 19.9 Å². The Balaban J connectivity index is 1.29. The smallest absolute Gasteiger partial charge is 0.265 e. The molecule has 5 heterocycles. The van der Waals surface area contributed by atoms with Crippen molar-refractivity contribution < 1.29 is 4.79 Å². The van der Waals surface area contributed by atoms with Crippen LogP contribution in [0.15, 0.2) is 35.8 Å². The van der Waals surface area contributed by atoms with Gasteiger partial charge in [-0.2, -0.15) is 0 Å². The number of anilines is 1. The first-order chi connectivity index (χ1) is 13.7. The minimum Gasteiger partial charge on any atom is -0.344 e. The second-order valence-corrected chi connectivity index (χ2v) is 9.42. The fourth-order valence-corrected chi connectivity index (χ4v) is 6.03. The molecule has 9 heteroatoms. The van der Waals surface area contributed by atoms with Gasteiger partial charge in [0.25, 0.3) is 5.91 Å². The molecule has 4 aromatic heterocycles. The number of amides is 1. The van der Waals surface area contributed by atoms with Crippen LogP contribution in [0.3, 0.4) is 0 Å². The molecule has 28 heavy (non-hydrogen) atoms. The van der Waals surface area contributed by atoms with E-state index in [1.807, 2.05) is 41.5 Å². The Morgan fingerprint density at radius 2 is 1.93 bits per heavy atom. The number of rotatable bonds is 3. The van der Waals surface area contributed by atoms with Crippen molar-refractivity contribution in [2.75, 3.05) is 31.1 Å². The predicted octanol–water partition coefficient (Wildman–Crippen LogP) is 4.15. The molecule has 142 valence electrons. The van der Waals surface area contributed by atoms with Gasteiger partial charge in [-0.1, -0.05) is 17.4 Å². The average Bonchev–Trinajstić information content (AvgIpc) is 3.46. The largest absolute Gasteiger partial charge is 0.344 e. The van der Waals surface area contributed by atoms with Crippen molar-refractivity contribution in [1.29, 1.82) is 0 Å². The lowest BCUT2D eigenvalue weighted by molar-refractivity contribution is 0.0750. The Morgan fingerprint density at radius 3 is 2.68 bits per heavy atom. The van der Waals surface area contributed by atoms with E-state index in [4.69, 9.17) is 0 Å². The summed E-state index contributed by atoms with van der Waals surface area (Å²) in [7, 11) is 0.